The van der Waals surface area contributed by atoms with Crippen molar-refractivity contribution in [1.29, 1.82) is 0 Å². The second-order valence-electron chi connectivity index (χ2n) is 4.33. The molecule has 0 amide bonds. The lowest BCUT2D eigenvalue weighted by Gasteiger charge is -2.35. The summed E-state index contributed by atoms with van der Waals surface area (Å²) >= 11 is 0. The first-order chi connectivity index (χ1) is 7.42. The maximum atomic E-state index is 4.09. The third-order valence-electron chi connectivity index (χ3n) is 3.22. The second kappa shape index (κ2) is 5.26. The minimum absolute atomic E-state index is 0.640. The molecule has 0 spiro atoms. The lowest BCUT2D eigenvalue weighted by Crippen LogP contribution is -2.33. The summed E-state index contributed by atoms with van der Waals surface area (Å²) in [6.45, 7) is 4.76. The first-order valence-electron chi connectivity index (χ1n) is 6.06. The van der Waals surface area contributed by atoms with E-state index in [0.29, 0.717) is 6.04 Å². The van der Waals surface area contributed by atoms with Gasteiger partial charge < -0.3 is 0 Å². The molecular formula is C13H20N2. The van der Waals surface area contributed by atoms with Crippen LogP contribution in [0.4, 0.5) is 0 Å². The van der Waals surface area contributed by atoms with Crippen LogP contribution in [-0.2, 0) is 0 Å². The molecular weight excluding hydrogens is 184 g/mol. The highest BCUT2D eigenvalue weighted by molar-refractivity contribution is 5.15. The Balaban J connectivity index is 2.11. The SMILES string of the molecule is CCCN1CCCC[C@H]1c1ccncc1. The Kier molecular flexibility index (Phi) is 3.73. The number of rotatable bonds is 3. The summed E-state index contributed by atoms with van der Waals surface area (Å²) in [6.07, 6.45) is 9.11. The number of likely N-dealkylation sites (tertiary alicyclic amines) is 1. The van der Waals surface area contributed by atoms with Crippen LogP contribution >= 0.6 is 0 Å². The fourth-order valence-corrected chi connectivity index (χ4v) is 2.51. The van der Waals surface area contributed by atoms with Gasteiger partial charge in [-0.15, -0.1) is 0 Å². The van der Waals surface area contributed by atoms with Gasteiger partial charge in [0.25, 0.3) is 0 Å². The lowest BCUT2D eigenvalue weighted by atomic mass is 9.96. The third-order valence-corrected chi connectivity index (χ3v) is 3.22. The Labute approximate surface area is 92.3 Å². The monoisotopic (exact) mass is 204 g/mol. The predicted octanol–water partition coefficient (Wildman–Crippen LogP) is 3.02. The van der Waals surface area contributed by atoms with Gasteiger partial charge >= 0.3 is 0 Å². The molecule has 1 aromatic rings. The molecule has 1 fully saturated rings. The van der Waals surface area contributed by atoms with Crippen LogP contribution < -0.4 is 0 Å². The summed E-state index contributed by atoms with van der Waals surface area (Å²) in [7, 11) is 0. The molecule has 82 valence electrons. The molecule has 1 atom stereocenters. The average Bonchev–Trinajstić information content (AvgIpc) is 2.31. The molecule has 0 saturated carbocycles. The van der Waals surface area contributed by atoms with Crippen molar-refractivity contribution in [2.75, 3.05) is 13.1 Å². The van der Waals surface area contributed by atoms with Crippen LogP contribution in [0.25, 0.3) is 0 Å². The standard InChI is InChI=1S/C13H20N2/c1-2-10-15-11-4-3-5-13(15)12-6-8-14-9-7-12/h6-9,13H,2-5,10-11H2,1H3/t13-/m0/s1. The van der Waals surface area contributed by atoms with E-state index in [4.69, 9.17) is 0 Å². The molecule has 2 nitrogen and oxygen atoms in total. The van der Waals surface area contributed by atoms with Gasteiger partial charge in [-0.3, -0.25) is 9.88 Å². The number of nitrogens with zero attached hydrogens (tertiary/aromatic N) is 2. The zero-order valence-corrected chi connectivity index (χ0v) is 9.52. The van der Waals surface area contributed by atoms with E-state index in [1.165, 1.54) is 44.3 Å². The zero-order chi connectivity index (χ0) is 10.5. The van der Waals surface area contributed by atoms with E-state index in [2.05, 4.69) is 28.9 Å². The average molecular weight is 204 g/mol. The molecule has 2 rings (SSSR count). The Morgan fingerprint density at radius 2 is 2.13 bits per heavy atom. The lowest BCUT2D eigenvalue weighted by molar-refractivity contribution is 0.149. The Morgan fingerprint density at radius 3 is 2.87 bits per heavy atom. The first-order valence-corrected chi connectivity index (χ1v) is 6.06. The van der Waals surface area contributed by atoms with Gasteiger partial charge in [-0.2, -0.15) is 0 Å². The van der Waals surface area contributed by atoms with Crippen molar-refractivity contribution >= 4 is 0 Å². The zero-order valence-electron chi connectivity index (χ0n) is 9.52. The van der Waals surface area contributed by atoms with E-state index in [0.717, 1.165) is 0 Å². The van der Waals surface area contributed by atoms with Gasteiger partial charge in [0.1, 0.15) is 0 Å². The van der Waals surface area contributed by atoms with Gasteiger partial charge in [-0.25, -0.2) is 0 Å². The second-order valence-corrected chi connectivity index (χ2v) is 4.33. The predicted molar refractivity (Wildman–Crippen MR) is 62.7 cm³/mol. The van der Waals surface area contributed by atoms with Crippen molar-refractivity contribution in [2.24, 2.45) is 0 Å². The van der Waals surface area contributed by atoms with E-state index in [9.17, 15) is 0 Å². The molecule has 0 aromatic carbocycles. The summed E-state index contributed by atoms with van der Waals surface area (Å²) in [4.78, 5) is 6.72. The molecule has 1 aliphatic heterocycles. The number of hydrogen-bond donors (Lipinski definition) is 0. The van der Waals surface area contributed by atoms with Crippen molar-refractivity contribution < 1.29 is 0 Å². The van der Waals surface area contributed by atoms with Crippen LogP contribution in [0.2, 0.25) is 0 Å². The maximum absolute atomic E-state index is 4.09. The maximum Gasteiger partial charge on any atom is 0.0349 e. The quantitative estimate of drug-likeness (QED) is 0.752. The van der Waals surface area contributed by atoms with Gasteiger partial charge in [-0.05, 0) is 50.0 Å². The smallest absolute Gasteiger partial charge is 0.0349 e. The Morgan fingerprint density at radius 1 is 1.33 bits per heavy atom. The molecule has 0 unspecified atom stereocenters. The van der Waals surface area contributed by atoms with Gasteiger partial charge in [-0.1, -0.05) is 13.3 Å². The normalized spacial score (nSPS) is 22.9. The van der Waals surface area contributed by atoms with Crippen LogP contribution in [0.1, 0.15) is 44.2 Å². The summed E-state index contributed by atoms with van der Waals surface area (Å²) < 4.78 is 0. The van der Waals surface area contributed by atoms with Gasteiger partial charge in [0.15, 0.2) is 0 Å². The van der Waals surface area contributed by atoms with E-state index in [-0.39, 0.29) is 0 Å². The topological polar surface area (TPSA) is 16.1 Å². The van der Waals surface area contributed by atoms with Gasteiger partial charge in [0, 0.05) is 18.4 Å². The Hall–Kier alpha value is -0.890. The molecule has 0 radical (unpaired) electrons. The van der Waals surface area contributed by atoms with Crippen LogP contribution in [0.3, 0.4) is 0 Å². The van der Waals surface area contributed by atoms with Crippen molar-refractivity contribution in [1.82, 2.24) is 9.88 Å². The summed E-state index contributed by atoms with van der Waals surface area (Å²) in [5, 5.41) is 0. The summed E-state index contributed by atoms with van der Waals surface area (Å²) in [5.41, 5.74) is 1.44. The number of pyridine rings is 1. The fraction of sp³-hybridized carbons (Fsp3) is 0.615. The molecule has 1 aromatic heterocycles. The minimum Gasteiger partial charge on any atom is -0.296 e. The van der Waals surface area contributed by atoms with Gasteiger partial charge in [0.05, 0.1) is 0 Å². The van der Waals surface area contributed by atoms with Crippen molar-refractivity contribution in [3.05, 3.63) is 30.1 Å². The first kappa shape index (κ1) is 10.6. The van der Waals surface area contributed by atoms with Crippen LogP contribution in [-0.4, -0.2) is 23.0 Å². The largest absolute Gasteiger partial charge is 0.296 e. The fourth-order valence-electron chi connectivity index (χ4n) is 2.51. The molecule has 15 heavy (non-hydrogen) atoms. The molecule has 1 saturated heterocycles. The molecule has 2 heteroatoms. The van der Waals surface area contributed by atoms with Gasteiger partial charge in [0.2, 0.25) is 0 Å². The highest BCUT2D eigenvalue weighted by Gasteiger charge is 2.22. The van der Waals surface area contributed by atoms with E-state index in [1.54, 1.807) is 0 Å². The van der Waals surface area contributed by atoms with E-state index >= 15 is 0 Å². The minimum atomic E-state index is 0.640. The number of piperidine rings is 1. The van der Waals surface area contributed by atoms with Crippen LogP contribution in [0, 0.1) is 0 Å². The van der Waals surface area contributed by atoms with E-state index < -0.39 is 0 Å². The molecule has 0 N–H and O–H groups in total. The number of hydrogen-bond acceptors (Lipinski definition) is 2. The highest BCUT2D eigenvalue weighted by atomic mass is 15.2. The molecule has 1 aliphatic rings. The van der Waals surface area contributed by atoms with Crippen LogP contribution in [0.15, 0.2) is 24.5 Å². The molecule has 0 bridgehead atoms. The Bertz CT molecular complexity index is 282. The number of aromatic nitrogens is 1. The summed E-state index contributed by atoms with van der Waals surface area (Å²) in [5.74, 6) is 0. The molecule has 0 aliphatic carbocycles. The van der Waals surface area contributed by atoms with Crippen molar-refractivity contribution in [3.8, 4) is 0 Å². The van der Waals surface area contributed by atoms with Crippen LogP contribution in [0.5, 0.6) is 0 Å². The summed E-state index contributed by atoms with van der Waals surface area (Å²) in [6, 6.07) is 4.97. The molecule has 2 heterocycles. The van der Waals surface area contributed by atoms with Crippen molar-refractivity contribution in [3.63, 3.8) is 0 Å². The van der Waals surface area contributed by atoms with E-state index in [1.807, 2.05) is 12.4 Å². The van der Waals surface area contributed by atoms with Crippen molar-refractivity contribution in [2.45, 2.75) is 38.6 Å². The third kappa shape index (κ3) is 2.57. The highest BCUT2D eigenvalue weighted by Crippen LogP contribution is 2.30.